The van der Waals surface area contributed by atoms with Crippen LogP contribution in [-0.2, 0) is 38.1 Å². The van der Waals surface area contributed by atoms with Gasteiger partial charge in [-0.2, -0.15) is 0 Å². The second-order valence-corrected chi connectivity index (χ2v) is 8.19. The third kappa shape index (κ3) is 7.97. The van der Waals surface area contributed by atoms with Gasteiger partial charge in [-0.3, -0.25) is 19.2 Å². The first-order chi connectivity index (χ1) is 15.6. The van der Waals surface area contributed by atoms with Crippen molar-refractivity contribution in [2.24, 2.45) is 5.11 Å². The van der Waals surface area contributed by atoms with Gasteiger partial charge in [-0.25, -0.2) is 0 Å². The van der Waals surface area contributed by atoms with Crippen LogP contribution in [0.15, 0.2) is 34.3 Å². The summed E-state index contributed by atoms with van der Waals surface area (Å²) in [6.07, 6.45) is -3.31. The number of azide groups is 1. The second kappa shape index (κ2) is 12.1. The molecule has 33 heavy (non-hydrogen) atoms. The highest BCUT2D eigenvalue weighted by molar-refractivity contribution is 7.99. The maximum Gasteiger partial charge on any atom is 0.303 e. The van der Waals surface area contributed by atoms with E-state index < -0.39 is 47.7 Å². The van der Waals surface area contributed by atoms with Crippen molar-refractivity contribution in [3.8, 4) is 0 Å². The lowest BCUT2D eigenvalue weighted by Crippen LogP contribution is -2.59. The number of rotatable bonds is 8. The smallest absolute Gasteiger partial charge is 0.303 e. The molecule has 2 rings (SSSR count). The van der Waals surface area contributed by atoms with Crippen molar-refractivity contribution in [1.82, 2.24) is 0 Å². The molecule has 1 N–H and O–H groups in total. The van der Waals surface area contributed by atoms with Gasteiger partial charge in [-0.05, 0) is 23.7 Å². The molecule has 1 fully saturated rings. The molecule has 1 aromatic carbocycles. The number of carbonyl (C=O) groups excluding carboxylic acids is 4. The van der Waals surface area contributed by atoms with Crippen LogP contribution in [0.1, 0.15) is 27.7 Å². The van der Waals surface area contributed by atoms with E-state index in [-0.39, 0.29) is 12.5 Å². The molecule has 1 aliphatic heterocycles. The number of amides is 1. The summed E-state index contributed by atoms with van der Waals surface area (Å²) in [5.74, 6) is -2.20. The fourth-order valence-electron chi connectivity index (χ4n) is 3.15. The van der Waals surface area contributed by atoms with E-state index in [1.54, 1.807) is 24.3 Å². The quantitative estimate of drug-likeness (QED) is 0.193. The number of anilines is 1. The van der Waals surface area contributed by atoms with Gasteiger partial charge in [0.1, 0.15) is 36.4 Å². The molecule has 0 radical (unpaired) electrons. The van der Waals surface area contributed by atoms with Gasteiger partial charge in [0, 0.05) is 43.2 Å². The summed E-state index contributed by atoms with van der Waals surface area (Å²) in [4.78, 5) is 49.7. The van der Waals surface area contributed by atoms with E-state index in [9.17, 15) is 19.2 Å². The van der Waals surface area contributed by atoms with E-state index >= 15 is 0 Å². The Morgan fingerprint density at radius 2 is 1.76 bits per heavy atom. The van der Waals surface area contributed by atoms with Gasteiger partial charge in [-0.15, -0.1) is 0 Å². The lowest BCUT2D eigenvalue weighted by Gasteiger charge is -2.43. The van der Waals surface area contributed by atoms with Crippen molar-refractivity contribution in [2.75, 3.05) is 11.9 Å². The highest BCUT2D eigenvalue weighted by Crippen LogP contribution is 2.38. The molecular formula is C20H24N4O8S. The van der Waals surface area contributed by atoms with Gasteiger partial charge in [-0.1, -0.05) is 22.9 Å². The number of hydrogen-bond acceptors (Lipinski definition) is 10. The monoisotopic (exact) mass is 480 g/mol. The van der Waals surface area contributed by atoms with Gasteiger partial charge in [0.25, 0.3) is 0 Å². The minimum absolute atomic E-state index is 0.252. The summed E-state index contributed by atoms with van der Waals surface area (Å²) in [6, 6.07) is 5.67. The molecule has 1 amide bonds. The molecule has 0 spiro atoms. The summed E-state index contributed by atoms with van der Waals surface area (Å²) in [7, 11) is 0. The lowest BCUT2D eigenvalue weighted by molar-refractivity contribution is -0.201. The second-order valence-electron chi connectivity index (χ2n) is 7.02. The van der Waals surface area contributed by atoms with E-state index in [0.29, 0.717) is 10.6 Å². The summed E-state index contributed by atoms with van der Waals surface area (Å²) in [6.45, 7) is 4.62. The third-order valence-electron chi connectivity index (χ3n) is 4.26. The van der Waals surface area contributed by atoms with Crippen molar-refractivity contribution in [3.05, 3.63) is 34.7 Å². The van der Waals surface area contributed by atoms with Crippen molar-refractivity contribution in [3.63, 3.8) is 0 Å². The molecule has 1 unspecified atom stereocenters. The van der Waals surface area contributed by atoms with Crippen LogP contribution in [0.5, 0.6) is 0 Å². The van der Waals surface area contributed by atoms with Crippen LogP contribution in [0.2, 0.25) is 0 Å². The Balaban J connectivity index is 2.43. The molecule has 0 bridgehead atoms. The van der Waals surface area contributed by atoms with Crippen LogP contribution in [0, 0.1) is 0 Å². The minimum atomic E-state index is -1.18. The Morgan fingerprint density at radius 1 is 1.09 bits per heavy atom. The van der Waals surface area contributed by atoms with Crippen LogP contribution in [0.4, 0.5) is 5.69 Å². The molecule has 12 nitrogen and oxygen atoms in total. The minimum Gasteiger partial charge on any atom is -0.463 e. The van der Waals surface area contributed by atoms with Crippen molar-refractivity contribution >= 4 is 41.3 Å². The van der Waals surface area contributed by atoms with Gasteiger partial charge in [0.2, 0.25) is 5.91 Å². The fourth-order valence-corrected chi connectivity index (χ4v) is 4.32. The number of benzene rings is 1. The number of nitrogens with one attached hydrogen (secondary N) is 1. The highest BCUT2D eigenvalue weighted by atomic mass is 32.2. The van der Waals surface area contributed by atoms with Gasteiger partial charge < -0.3 is 24.3 Å². The van der Waals surface area contributed by atoms with Crippen LogP contribution in [0.25, 0.3) is 10.4 Å². The average Bonchev–Trinajstić information content (AvgIpc) is 2.70. The molecular weight excluding hydrogens is 456 g/mol. The van der Waals surface area contributed by atoms with Crippen molar-refractivity contribution in [1.29, 1.82) is 0 Å². The Labute approximate surface area is 193 Å². The first-order valence-electron chi connectivity index (χ1n) is 9.82. The predicted molar refractivity (Wildman–Crippen MR) is 116 cm³/mol. The Kier molecular flexibility index (Phi) is 9.52. The topological polar surface area (TPSA) is 166 Å². The molecule has 5 atom stereocenters. The largest absolute Gasteiger partial charge is 0.463 e. The Morgan fingerprint density at radius 3 is 2.33 bits per heavy atom. The van der Waals surface area contributed by atoms with E-state index in [1.165, 1.54) is 20.8 Å². The van der Waals surface area contributed by atoms with E-state index in [4.69, 9.17) is 24.5 Å². The summed E-state index contributed by atoms with van der Waals surface area (Å²) >= 11 is 1.13. The number of hydrogen-bond donors (Lipinski definition) is 1. The van der Waals surface area contributed by atoms with E-state index in [2.05, 4.69) is 15.3 Å². The standard InChI is InChI=1S/C20H24N4O8S/c1-10(25)22-14-6-5-7-15(8-14)33-20-19(31-13(4)28)17(23-24-21)18(30-12(3)27)16(32-20)9-29-11(2)26/h5-8,16-20H,9H2,1-4H3,(H,22,25)/t16-,17+,18+,19-,20?/m1/s1. The first kappa shape index (κ1) is 26.0. The van der Waals surface area contributed by atoms with Gasteiger partial charge >= 0.3 is 17.9 Å². The average molecular weight is 480 g/mol. The van der Waals surface area contributed by atoms with E-state index in [1.807, 2.05) is 0 Å². The van der Waals surface area contributed by atoms with Gasteiger partial charge in [0.15, 0.2) is 0 Å². The maximum absolute atomic E-state index is 11.8. The van der Waals surface area contributed by atoms with Crippen molar-refractivity contribution in [2.45, 2.75) is 62.4 Å². The molecule has 1 heterocycles. The molecule has 1 saturated heterocycles. The number of nitrogens with zero attached hydrogens (tertiary/aromatic N) is 3. The first-order valence-corrected chi connectivity index (χ1v) is 10.7. The maximum atomic E-state index is 11.8. The molecule has 13 heteroatoms. The van der Waals surface area contributed by atoms with Crippen LogP contribution < -0.4 is 5.32 Å². The Hall–Kier alpha value is -3.28. The molecule has 0 aromatic heterocycles. The lowest BCUT2D eigenvalue weighted by atomic mass is 9.97. The zero-order valence-electron chi connectivity index (χ0n) is 18.4. The molecule has 0 saturated carbocycles. The zero-order valence-corrected chi connectivity index (χ0v) is 19.2. The predicted octanol–water partition coefficient (Wildman–Crippen LogP) is 2.57. The SMILES string of the molecule is CC(=O)Nc1cccc(SC2O[C@H](COC(C)=O)[C@H](OC(C)=O)[C@H](N=[N+]=[N-])[C@H]2OC(C)=O)c1. The van der Waals surface area contributed by atoms with Gasteiger partial charge in [0.05, 0.1) is 0 Å². The summed E-state index contributed by atoms with van der Waals surface area (Å²) < 4.78 is 21.8. The summed E-state index contributed by atoms with van der Waals surface area (Å²) in [5.41, 5.74) is 8.74. The number of ether oxygens (including phenoxy) is 4. The normalized spacial score (nSPS) is 24.1. The number of esters is 3. The van der Waals surface area contributed by atoms with Crippen LogP contribution >= 0.6 is 11.8 Å². The van der Waals surface area contributed by atoms with Crippen molar-refractivity contribution < 1.29 is 38.1 Å². The summed E-state index contributed by atoms with van der Waals surface area (Å²) in [5, 5.41) is 6.38. The molecule has 178 valence electrons. The van der Waals surface area contributed by atoms with Crippen LogP contribution in [0.3, 0.4) is 0 Å². The molecule has 1 aromatic rings. The Bertz CT molecular complexity index is 952. The third-order valence-corrected chi connectivity index (χ3v) is 5.40. The number of thioether (sulfide) groups is 1. The molecule has 0 aliphatic carbocycles. The fraction of sp³-hybridized carbons (Fsp3) is 0.500. The highest BCUT2D eigenvalue weighted by Gasteiger charge is 2.50. The van der Waals surface area contributed by atoms with Crippen LogP contribution in [-0.4, -0.2) is 60.2 Å². The zero-order chi connectivity index (χ0) is 24.5. The molecule has 1 aliphatic rings. The number of carbonyl (C=O) groups is 4. The van der Waals surface area contributed by atoms with E-state index in [0.717, 1.165) is 18.7 Å².